The minimum atomic E-state index is -5.08. The van der Waals surface area contributed by atoms with Gasteiger partial charge in [0.25, 0.3) is 5.56 Å². The second kappa shape index (κ2) is 10.6. The number of nitrogen functional groups attached to an aromatic ring is 1. The first-order chi connectivity index (χ1) is 16.5. The molecule has 0 fully saturated rings. The number of carbonyl (C=O) groups is 1. The Bertz CT molecular complexity index is 1270. The molecule has 0 aliphatic heterocycles. The van der Waals surface area contributed by atoms with E-state index in [-0.39, 0.29) is 11.5 Å². The van der Waals surface area contributed by atoms with Crippen molar-refractivity contribution in [1.29, 1.82) is 0 Å². The molecule has 0 saturated carbocycles. The van der Waals surface area contributed by atoms with Crippen molar-refractivity contribution in [3.63, 3.8) is 0 Å². The van der Waals surface area contributed by atoms with Crippen molar-refractivity contribution in [2.45, 2.75) is 37.8 Å². The summed E-state index contributed by atoms with van der Waals surface area (Å²) in [7, 11) is 3.37. The molecule has 1 unspecified atom stereocenters. The molecular formula is C25H26F3N3O4. The number of aliphatic carboxylic acids is 1. The van der Waals surface area contributed by atoms with Gasteiger partial charge in [0.1, 0.15) is 5.75 Å². The number of fused-ring (bicyclic) bond motifs is 1. The Morgan fingerprint density at radius 3 is 2.46 bits per heavy atom. The van der Waals surface area contributed by atoms with E-state index in [0.717, 1.165) is 53.8 Å². The van der Waals surface area contributed by atoms with Gasteiger partial charge in [-0.2, -0.15) is 13.2 Å². The predicted molar refractivity (Wildman–Crippen MR) is 125 cm³/mol. The molecule has 1 atom stereocenters. The SMILES string of the molecule is COc1cccc(-c2cccc(CC3CCCc4c3nc(N)n(C)c4=O)c2)c1.O=C(O)C(F)(F)F. The lowest BCUT2D eigenvalue weighted by molar-refractivity contribution is -0.192. The van der Waals surface area contributed by atoms with Crippen molar-refractivity contribution in [2.75, 3.05) is 12.8 Å². The zero-order valence-corrected chi connectivity index (χ0v) is 19.3. The molecule has 4 rings (SSSR count). The molecule has 7 nitrogen and oxygen atoms in total. The van der Waals surface area contributed by atoms with Crippen molar-refractivity contribution in [3.05, 3.63) is 75.7 Å². The van der Waals surface area contributed by atoms with Crippen LogP contribution in [0.2, 0.25) is 0 Å². The third kappa shape index (κ3) is 6.20. The largest absolute Gasteiger partial charge is 0.497 e. The van der Waals surface area contributed by atoms with Crippen LogP contribution in [0, 0.1) is 0 Å². The van der Waals surface area contributed by atoms with Gasteiger partial charge in [-0.3, -0.25) is 9.36 Å². The smallest absolute Gasteiger partial charge is 0.490 e. The fourth-order valence-electron chi connectivity index (χ4n) is 4.08. The first kappa shape index (κ1) is 25.8. The molecule has 3 aromatic rings. The van der Waals surface area contributed by atoms with E-state index in [1.165, 1.54) is 10.1 Å². The molecule has 1 heterocycles. The Kier molecular flexibility index (Phi) is 7.83. The Morgan fingerprint density at radius 1 is 1.20 bits per heavy atom. The summed E-state index contributed by atoms with van der Waals surface area (Å²) >= 11 is 0. The summed E-state index contributed by atoms with van der Waals surface area (Å²) in [5.41, 5.74) is 11.2. The average Bonchev–Trinajstić information content (AvgIpc) is 2.83. The highest BCUT2D eigenvalue weighted by molar-refractivity contribution is 5.73. The molecule has 1 aliphatic carbocycles. The van der Waals surface area contributed by atoms with Crippen molar-refractivity contribution in [2.24, 2.45) is 7.05 Å². The van der Waals surface area contributed by atoms with Crippen LogP contribution in [0.5, 0.6) is 5.75 Å². The first-order valence-corrected chi connectivity index (χ1v) is 10.9. The minimum Gasteiger partial charge on any atom is -0.497 e. The molecule has 0 spiro atoms. The summed E-state index contributed by atoms with van der Waals surface area (Å²) in [5.74, 6) is -1.39. The van der Waals surface area contributed by atoms with Crippen LogP contribution in [-0.2, 0) is 24.7 Å². The number of carboxylic acid groups (broad SMARTS) is 1. The third-order valence-corrected chi connectivity index (χ3v) is 5.87. The fourth-order valence-corrected chi connectivity index (χ4v) is 4.08. The minimum absolute atomic E-state index is 0.00247. The van der Waals surface area contributed by atoms with Gasteiger partial charge in [0, 0.05) is 18.5 Å². The van der Waals surface area contributed by atoms with Crippen molar-refractivity contribution in [1.82, 2.24) is 9.55 Å². The monoisotopic (exact) mass is 489 g/mol. The molecule has 0 amide bonds. The van der Waals surface area contributed by atoms with Gasteiger partial charge in [-0.1, -0.05) is 36.4 Å². The van der Waals surface area contributed by atoms with Crippen LogP contribution in [0.1, 0.15) is 35.6 Å². The number of hydrogen-bond acceptors (Lipinski definition) is 5. The van der Waals surface area contributed by atoms with Crippen LogP contribution < -0.4 is 16.0 Å². The van der Waals surface area contributed by atoms with Crippen LogP contribution in [0.25, 0.3) is 11.1 Å². The van der Waals surface area contributed by atoms with Gasteiger partial charge in [0.2, 0.25) is 5.95 Å². The second-order valence-corrected chi connectivity index (χ2v) is 8.23. The molecule has 0 radical (unpaired) electrons. The molecular weight excluding hydrogens is 463 g/mol. The summed E-state index contributed by atoms with van der Waals surface area (Å²) < 4.78 is 38.5. The summed E-state index contributed by atoms with van der Waals surface area (Å²) in [6.07, 6.45) is -1.41. The number of ether oxygens (including phenoxy) is 1. The van der Waals surface area contributed by atoms with Gasteiger partial charge in [-0.05, 0) is 54.5 Å². The Balaban J connectivity index is 0.000000429. The van der Waals surface area contributed by atoms with Gasteiger partial charge in [0.05, 0.1) is 12.8 Å². The van der Waals surface area contributed by atoms with E-state index >= 15 is 0 Å². The lowest BCUT2D eigenvalue weighted by atomic mass is 9.83. The maximum Gasteiger partial charge on any atom is 0.490 e. The zero-order chi connectivity index (χ0) is 25.8. The normalized spacial score (nSPS) is 14.9. The average molecular weight is 489 g/mol. The van der Waals surface area contributed by atoms with Gasteiger partial charge < -0.3 is 15.6 Å². The standard InChI is InChI=1S/C23H25N3O2.C2HF3O2/c1-26-22(27)20-11-5-9-18(21(20)25-23(26)24)13-15-6-3-7-16(12-15)17-8-4-10-19(14-17)28-2;3-2(4,5)1(6)7/h3-4,6-8,10,12,14,18H,5,9,11,13H2,1-2H3,(H2,24,25);(H,6,7). The third-order valence-electron chi connectivity index (χ3n) is 5.87. The summed E-state index contributed by atoms with van der Waals surface area (Å²) in [6, 6.07) is 16.6. The first-order valence-electron chi connectivity index (χ1n) is 10.9. The maximum atomic E-state index is 12.6. The molecule has 35 heavy (non-hydrogen) atoms. The number of benzene rings is 2. The lowest BCUT2D eigenvalue weighted by Crippen LogP contribution is -2.30. The number of methoxy groups -OCH3 is 1. The van der Waals surface area contributed by atoms with Crippen LogP contribution in [0.4, 0.5) is 19.1 Å². The molecule has 10 heteroatoms. The predicted octanol–water partition coefficient (Wildman–Crippen LogP) is 4.33. The van der Waals surface area contributed by atoms with Gasteiger partial charge in [-0.15, -0.1) is 0 Å². The quantitative estimate of drug-likeness (QED) is 0.565. The van der Waals surface area contributed by atoms with E-state index in [1.807, 2.05) is 18.2 Å². The summed E-state index contributed by atoms with van der Waals surface area (Å²) in [5, 5.41) is 7.12. The van der Waals surface area contributed by atoms with E-state index in [0.29, 0.717) is 5.95 Å². The van der Waals surface area contributed by atoms with Crippen LogP contribution in [-0.4, -0.2) is 33.9 Å². The molecule has 186 valence electrons. The Morgan fingerprint density at radius 2 is 1.83 bits per heavy atom. The van der Waals surface area contributed by atoms with E-state index in [4.69, 9.17) is 20.4 Å². The number of rotatable bonds is 4. The maximum absolute atomic E-state index is 12.6. The summed E-state index contributed by atoms with van der Waals surface area (Å²) in [4.78, 5) is 26.0. The number of nitrogens with two attached hydrogens (primary N) is 1. The van der Waals surface area contributed by atoms with Crippen LogP contribution in [0.3, 0.4) is 0 Å². The van der Waals surface area contributed by atoms with Crippen molar-refractivity contribution >= 4 is 11.9 Å². The number of halogens is 3. The zero-order valence-electron chi connectivity index (χ0n) is 19.3. The lowest BCUT2D eigenvalue weighted by Gasteiger charge is -2.25. The fraction of sp³-hybridized carbons (Fsp3) is 0.320. The van der Waals surface area contributed by atoms with Crippen molar-refractivity contribution in [3.8, 4) is 16.9 Å². The van der Waals surface area contributed by atoms with Crippen molar-refractivity contribution < 1.29 is 27.8 Å². The Labute approximate surface area is 200 Å². The highest BCUT2D eigenvalue weighted by Crippen LogP contribution is 2.33. The number of hydrogen-bond donors (Lipinski definition) is 2. The van der Waals surface area contributed by atoms with Crippen LogP contribution in [0.15, 0.2) is 53.3 Å². The summed E-state index contributed by atoms with van der Waals surface area (Å²) in [6.45, 7) is 0. The number of nitrogens with zero attached hydrogens (tertiary/aromatic N) is 2. The molecule has 0 saturated heterocycles. The molecule has 1 aliphatic rings. The molecule has 0 bridgehead atoms. The molecule has 2 aromatic carbocycles. The number of alkyl halides is 3. The number of carboxylic acids is 1. The number of aromatic nitrogens is 2. The highest BCUT2D eigenvalue weighted by atomic mass is 19.4. The topological polar surface area (TPSA) is 107 Å². The van der Waals surface area contributed by atoms with Crippen LogP contribution >= 0.6 is 0 Å². The number of anilines is 1. The van der Waals surface area contributed by atoms with Gasteiger partial charge >= 0.3 is 12.1 Å². The highest BCUT2D eigenvalue weighted by Gasteiger charge is 2.38. The van der Waals surface area contributed by atoms with E-state index in [1.54, 1.807) is 14.2 Å². The second-order valence-electron chi connectivity index (χ2n) is 8.23. The van der Waals surface area contributed by atoms with Gasteiger partial charge in [0.15, 0.2) is 0 Å². The van der Waals surface area contributed by atoms with E-state index in [9.17, 15) is 18.0 Å². The van der Waals surface area contributed by atoms with E-state index < -0.39 is 12.1 Å². The van der Waals surface area contributed by atoms with E-state index in [2.05, 4.69) is 35.3 Å². The van der Waals surface area contributed by atoms with Gasteiger partial charge in [-0.25, -0.2) is 9.78 Å². The molecule has 3 N–H and O–H groups in total. The molecule has 1 aromatic heterocycles. The Hall–Kier alpha value is -3.82.